The minimum absolute atomic E-state index is 0.0902. The lowest BCUT2D eigenvalue weighted by Crippen LogP contribution is -2.30. The van der Waals surface area contributed by atoms with E-state index in [1.165, 1.54) is 11.7 Å². The van der Waals surface area contributed by atoms with Crippen LogP contribution in [0.3, 0.4) is 0 Å². The SMILES string of the molecule is COc1c(N2CC(N)C(C3CC3)C2)c(F)cc2c(=O)c(C(=O)O)cn(C3CC3F)c12. The molecule has 0 amide bonds. The summed E-state index contributed by atoms with van der Waals surface area (Å²) < 4.78 is 36.2. The topological polar surface area (TPSA) is 97.8 Å². The van der Waals surface area contributed by atoms with Crippen LogP contribution in [-0.4, -0.2) is 48.1 Å². The van der Waals surface area contributed by atoms with E-state index in [2.05, 4.69) is 0 Å². The van der Waals surface area contributed by atoms with Gasteiger partial charge in [-0.25, -0.2) is 13.6 Å². The van der Waals surface area contributed by atoms with Crippen LogP contribution in [0.1, 0.15) is 35.7 Å². The molecule has 9 heteroatoms. The molecule has 2 aliphatic carbocycles. The number of methoxy groups -OCH3 is 1. The van der Waals surface area contributed by atoms with Crippen LogP contribution in [0.5, 0.6) is 5.75 Å². The summed E-state index contributed by atoms with van der Waals surface area (Å²) in [6.07, 6.45) is 2.44. The molecule has 4 atom stereocenters. The van der Waals surface area contributed by atoms with Gasteiger partial charge in [0.2, 0.25) is 5.43 Å². The van der Waals surface area contributed by atoms with Crippen LogP contribution < -0.4 is 20.8 Å². The van der Waals surface area contributed by atoms with Crippen molar-refractivity contribution in [1.29, 1.82) is 0 Å². The third-order valence-corrected chi connectivity index (χ3v) is 6.63. The maximum absolute atomic E-state index is 15.3. The molecule has 30 heavy (non-hydrogen) atoms. The lowest BCUT2D eigenvalue weighted by atomic mass is 9.99. The summed E-state index contributed by atoms with van der Waals surface area (Å²) in [6, 6.07) is 0.343. The number of carboxylic acids is 1. The molecule has 3 fully saturated rings. The zero-order chi connectivity index (χ0) is 21.3. The first-order valence-corrected chi connectivity index (χ1v) is 10.1. The summed E-state index contributed by atoms with van der Waals surface area (Å²) in [7, 11) is 1.37. The summed E-state index contributed by atoms with van der Waals surface area (Å²) >= 11 is 0. The van der Waals surface area contributed by atoms with Crippen molar-refractivity contribution in [2.45, 2.75) is 37.5 Å². The number of ether oxygens (including phenoxy) is 1. The molecule has 1 aliphatic heterocycles. The highest BCUT2D eigenvalue weighted by atomic mass is 19.1. The van der Waals surface area contributed by atoms with E-state index in [-0.39, 0.29) is 40.7 Å². The number of rotatable bonds is 5. The van der Waals surface area contributed by atoms with E-state index in [0.29, 0.717) is 19.0 Å². The number of pyridine rings is 1. The molecule has 0 bridgehead atoms. The van der Waals surface area contributed by atoms with Gasteiger partial charge in [0.1, 0.15) is 17.4 Å². The van der Waals surface area contributed by atoms with Gasteiger partial charge in [-0.05, 0) is 30.7 Å². The number of fused-ring (bicyclic) bond motifs is 1. The second-order valence-electron chi connectivity index (χ2n) is 8.61. The van der Waals surface area contributed by atoms with E-state index in [4.69, 9.17) is 10.5 Å². The molecule has 4 unspecified atom stereocenters. The predicted molar refractivity (Wildman–Crippen MR) is 107 cm³/mol. The quantitative estimate of drug-likeness (QED) is 0.772. The fourth-order valence-electron chi connectivity index (χ4n) is 4.84. The number of nitrogens with two attached hydrogens (primary N) is 1. The Kier molecular flexibility index (Phi) is 4.29. The molecule has 5 rings (SSSR count). The predicted octanol–water partition coefficient (Wildman–Crippen LogP) is 2.30. The number of aromatic carboxylic acids is 1. The van der Waals surface area contributed by atoms with E-state index >= 15 is 4.39 Å². The number of nitrogens with zero attached hydrogens (tertiary/aromatic N) is 2. The summed E-state index contributed by atoms with van der Waals surface area (Å²) in [6.45, 7) is 1.03. The average Bonchev–Trinajstić information content (AvgIpc) is 3.62. The van der Waals surface area contributed by atoms with Gasteiger partial charge in [-0.3, -0.25) is 4.79 Å². The Morgan fingerprint density at radius 3 is 2.60 bits per heavy atom. The third kappa shape index (κ3) is 2.86. The summed E-state index contributed by atoms with van der Waals surface area (Å²) in [5.41, 5.74) is 5.38. The van der Waals surface area contributed by atoms with E-state index in [9.17, 15) is 19.1 Å². The number of anilines is 1. The van der Waals surface area contributed by atoms with Crippen LogP contribution >= 0.6 is 0 Å². The van der Waals surface area contributed by atoms with Crippen LogP contribution in [0.15, 0.2) is 17.1 Å². The van der Waals surface area contributed by atoms with Gasteiger partial charge in [-0.15, -0.1) is 0 Å². The maximum atomic E-state index is 15.3. The molecule has 1 aromatic carbocycles. The summed E-state index contributed by atoms with van der Waals surface area (Å²) in [5.74, 6) is -1.19. The molecule has 2 heterocycles. The van der Waals surface area contributed by atoms with E-state index in [1.54, 1.807) is 0 Å². The standard InChI is InChI=1S/C21H23F2N3O4/c1-30-20-17-10(19(27)12(21(28)29)7-26(17)16-5-13(16)22)4-14(23)18(20)25-6-11(9-2-3-9)15(24)8-25/h4,7,9,11,13,15-16H,2-3,5-6,8,24H2,1H3,(H,28,29). The molecule has 3 aliphatic rings. The Labute approximate surface area is 171 Å². The highest BCUT2D eigenvalue weighted by Crippen LogP contribution is 2.47. The monoisotopic (exact) mass is 419 g/mol. The Hall–Kier alpha value is -2.68. The molecule has 3 N–H and O–H groups in total. The lowest BCUT2D eigenvalue weighted by molar-refractivity contribution is 0.0694. The first kappa shape index (κ1) is 19.3. The first-order valence-electron chi connectivity index (χ1n) is 10.1. The maximum Gasteiger partial charge on any atom is 0.341 e. The zero-order valence-electron chi connectivity index (χ0n) is 16.5. The molecule has 1 saturated heterocycles. The van der Waals surface area contributed by atoms with Gasteiger partial charge < -0.3 is 25.0 Å². The summed E-state index contributed by atoms with van der Waals surface area (Å²) in [5, 5.41) is 9.27. The first-order chi connectivity index (χ1) is 14.3. The number of halogens is 2. The Balaban J connectivity index is 1.73. The van der Waals surface area contributed by atoms with Crippen molar-refractivity contribution in [2.24, 2.45) is 17.6 Å². The van der Waals surface area contributed by atoms with Crippen molar-refractivity contribution in [3.05, 3.63) is 33.9 Å². The second-order valence-corrected chi connectivity index (χ2v) is 8.61. The highest BCUT2D eigenvalue weighted by Gasteiger charge is 2.44. The number of alkyl halides is 1. The number of aromatic nitrogens is 1. The lowest BCUT2D eigenvalue weighted by Gasteiger charge is -2.24. The normalized spacial score (nSPS) is 28.2. The van der Waals surface area contributed by atoms with Crippen molar-refractivity contribution in [2.75, 3.05) is 25.1 Å². The fourth-order valence-corrected chi connectivity index (χ4v) is 4.84. The van der Waals surface area contributed by atoms with E-state index in [1.807, 2.05) is 4.90 Å². The number of carbonyl (C=O) groups is 1. The minimum atomic E-state index is -1.44. The van der Waals surface area contributed by atoms with Gasteiger partial charge in [0.15, 0.2) is 11.6 Å². The molecule has 7 nitrogen and oxygen atoms in total. The fraction of sp³-hybridized carbons (Fsp3) is 0.524. The molecule has 0 radical (unpaired) electrons. The van der Waals surface area contributed by atoms with Crippen LogP contribution in [0, 0.1) is 17.7 Å². The molecular weight excluding hydrogens is 396 g/mol. The third-order valence-electron chi connectivity index (χ3n) is 6.63. The smallest absolute Gasteiger partial charge is 0.341 e. The van der Waals surface area contributed by atoms with Crippen molar-refractivity contribution < 1.29 is 23.4 Å². The highest BCUT2D eigenvalue weighted by molar-refractivity contribution is 5.97. The number of carboxylic acid groups (broad SMARTS) is 1. The van der Waals surface area contributed by atoms with Gasteiger partial charge in [0.25, 0.3) is 0 Å². The number of benzene rings is 1. The minimum Gasteiger partial charge on any atom is -0.492 e. The van der Waals surface area contributed by atoms with Gasteiger partial charge in [0.05, 0.1) is 24.1 Å². The van der Waals surface area contributed by atoms with Crippen LogP contribution in [0.2, 0.25) is 0 Å². The van der Waals surface area contributed by atoms with Gasteiger partial charge >= 0.3 is 5.97 Å². The van der Waals surface area contributed by atoms with Gasteiger partial charge in [-0.1, -0.05) is 0 Å². The average molecular weight is 419 g/mol. The molecule has 0 spiro atoms. The second kappa shape index (κ2) is 6.66. The Morgan fingerprint density at radius 2 is 2.03 bits per heavy atom. The van der Waals surface area contributed by atoms with Crippen molar-refractivity contribution >= 4 is 22.6 Å². The summed E-state index contributed by atoms with van der Waals surface area (Å²) in [4.78, 5) is 26.1. The zero-order valence-corrected chi connectivity index (χ0v) is 16.5. The van der Waals surface area contributed by atoms with Gasteiger partial charge in [-0.2, -0.15) is 0 Å². The molecule has 2 aromatic rings. The van der Waals surface area contributed by atoms with Crippen LogP contribution in [0.25, 0.3) is 10.9 Å². The largest absolute Gasteiger partial charge is 0.492 e. The van der Waals surface area contributed by atoms with Crippen LogP contribution in [0.4, 0.5) is 14.5 Å². The van der Waals surface area contributed by atoms with Crippen molar-refractivity contribution in [3.63, 3.8) is 0 Å². The number of hydrogen-bond acceptors (Lipinski definition) is 5. The van der Waals surface area contributed by atoms with E-state index < -0.39 is 35.0 Å². The molecule has 160 valence electrons. The van der Waals surface area contributed by atoms with Crippen molar-refractivity contribution in [1.82, 2.24) is 4.57 Å². The Morgan fingerprint density at radius 1 is 1.33 bits per heavy atom. The Bertz CT molecular complexity index is 1110. The number of hydrogen-bond donors (Lipinski definition) is 2. The molecular formula is C21H23F2N3O4. The van der Waals surface area contributed by atoms with Crippen LogP contribution in [-0.2, 0) is 0 Å². The van der Waals surface area contributed by atoms with Gasteiger partial charge in [0, 0.05) is 31.7 Å². The van der Waals surface area contributed by atoms with E-state index in [0.717, 1.165) is 25.1 Å². The molecule has 1 aromatic heterocycles. The molecule has 2 saturated carbocycles. The van der Waals surface area contributed by atoms with Crippen molar-refractivity contribution in [3.8, 4) is 5.75 Å².